The Morgan fingerprint density at radius 2 is 1.74 bits per heavy atom. The summed E-state index contributed by atoms with van der Waals surface area (Å²) in [5.74, 6) is 0.269. The molecule has 3 amide bonds. The summed E-state index contributed by atoms with van der Waals surface area (Å²) in [6.45, 7) is 12.1. The van der Waals surface area contributed by atoms with Crippen molar-refractivity contribution < 1.29 is 19.1 Å². The van der Waals surface area contributed by atoms with E-state index in [0.717, 1.165) is 31.2 Å². The van der Waals surface area contributed by atoms with Gasteiger partial charge in [0, 0.05) is 32.2 Å². The maximum absolute atomic E-state index is 13.5. The van der Waals surface area contributed by atoms with E-state index in [0.29, 0.717) is 32.6 Å². The van der Waals surface area contributed by atoms with E-state index in [-0.39, 0.29) is 35.9 Å². The van der Waals surface area contributed by atoms with Gasteiger partial charge < -0.3 is 19.4 Å². The summed E-state index contributed by atoms with van der Waals surface area (Å²) in [6, 6.07) is 9.34. The Bertz CT molecular complexity index is 849. The molecule has 2 heterocycles. The van der Waals surface area contributed by atoms with Gasteiger partial charge in [0.25, 0.3) is 0 Å². The zero-order valence-corrected chi connectivity index (χ0v) is 21.5. The number of amides is 3. The number of piperidine rings is 1. The van der Waals surface area contributed by atoms with Gasteiger partial charge in [-0.05, 0) is 71.8 Å². The number of hydrogen-bond donors (Lipinski definition) is 0. The van der Waals surface area contributed by atoms with Gasteiger partial charge in [0.1, 0.15) is 11.6 Å². The first kappa shape index (κ1) is 26.0. The highest BCUT2D eigenvalue weighted by atomic mass is 16.6. The topological polar surface area (TPSA) is 70.2 Å². The minimum atomic E-state index is -0.545. The highest BCUT2D eigenvalue weighted by molar-refractivity contribution is 5.89. The first-order valence-corrected chi connectivity index (χ1v) is 12.7. The van der Waals surface area contributed by atoms with Crippen molar-refractivity contribution in [2.24, 2.45) is 5.92 Å². The molecule has 1 aromatic rings. The molecule has 0 saturated carbocycles. The van der Waals surface area contributed by atoms with Gasteiger partial charge in [-0.2, -0.15) is 0 Å². The van der Waals surface area contributed by atoms with Gasteiger partial charge in [0.05, 0.1) is 6.42 Å². The fraction of sp³-hybridized carbons (Fsp3) is 0.667. The highest BCUT2D eigenvalue weighted by Gasteiger charge is 2.38. The van der Waals surface area contributed by atoms with E-state index >= 15 is 0 Å². The lowest BCUT2D eigenvalue weighted by Gasteiger charge is -2.39. The average Bonchev–Trinajstić information content (AvgIpc) is 3.26. The van der Waals surface area contributed by atoms with Gasteiger partial charge in [-0.1, -0.05) is 30.3 Å². The van der Waals surface area contributed by atoms with Crippen LogP contribution in [-0.2, 0) is 20.7 Å². The summed E-state index contributed by atoms with van der Waals surface area (Å²) in [5.41, 5.74) is 0.427. The predicted octanol–water partition coefficient (Wildman–Crippen LogP) is 4.10. The Morgan fingerprint density at radius 1 is 1.06 bits per heavy atom. The fourth-order valence-electron chi connectivity index (χ4n) is 4.91. The zero-order chi connectivity index (χ0) is 24.9. The van der Waals surface area contributed by atoms with Crippen molar-refractivity contribution in [1.82, 2.24) is 14.7 Å². The second kappa shape index (κ2) is 11.2. The van der Waals surface area contributed by atoms with Gasteiger partial charge in [-0.25, -0.2) is 4.79 Å². The van der Waals surface area contributed by atoms with Crippen molar-refractivity contribution in [3.05, 3.63) is 35.9 Å². The summed E-state index contributed by atoms with van der Waals surface area (Å²) in [6.07, 6.45) is 3.47. The highest BCUT2D eigenvalue weighted by Crippen LogP contribution is 2.25. The Hall–Kier alpha value is -2.57. The first-order chi connectivity index (χ1) is 16.0. The lowest BCUT2D eigenvalue weighted by molar-refractivity contribution is -0.144. The van der Waals surface area contributed by atoms with Crippen molar-refractivity contribution in [3.8, 4) is 0 Å². The van der Waals surface area contributed by atoms with Gasteiger partial charge in [-0.15, -0.1) is 0 Å². The van der Waals surface area contributed by atoms with Gasteiger partial charge in [0.15, 0.2) is 0 Å². The molecule has 0 bridgehead atoms. The Labute approximate surface area is 204 Å². The van der Waals surface area contributed by atoms with Gasteiger partial charge in [-0.3, -0.25) is 9.59 Å². The molecule has 2 atom stereocenters. The van der Waals surface area contributed by atoms with Gasteiger partial charge >= 0.3 is 6.09 Å². The molecule has 0 N–H and O–H groups in total. The van der Waals surface area contributed by atoms with Crippen LogP contribution in [0.25, 0.3) is 0 Å². The van der Waals surface area contributed by atoms with E-state index < -0.39 is 5.60 Å². The molecule has 2 aliphatic rings. The number of benzene rings is 1. The number of rotatable bonds is 6. The largest absolute Gasteiger partial charge is 0.444 e. The maximum Gasteiger partial charge on any atom is 0.410 e. The van der Waals surface area contributed by atoms with E-state index in [4.69, 9.17) is 4.74 Å². The number of hydrogen-bond acceptors (Lipinski definition) is 4. The van der Waals surface area contributed by atoms with Crippen LogP contribution >= 0.6 is 0 Å². The number of likely N-dealkylation sites (tertiary alicyclic amines) is 2. The summed E-state index contributed by atoms with van der Waals surface area (Å²) >= 11 is 0. The number of carbonyl (C=O) groups excluding carboxylic acids is 3. The molecule has 3 rings (SSSR count). The predicted molar refractivity (Wildman–Crippen MR) is 132 cm³/mol. The molecule has 0 radical (unpaired) electrons. The fourth-order valence-corrected chi connectivity index (χ4v) is 4.91. The van der Waals surface area contributed by atoms with E-state index in [1.54, 1.807) is 9.80 Å². The molecule has 0 spiro atoms. The van der Waals surface area contributed by atoms with E-state index in [1.165, 1.54) is 0 Å². The Kier molecular flexibility index (Phi) is 8.61. The van der Waals surface area contributed by atoms with Crippen molar-refractivity contribution in [2.45, 2.75) is 84.4 Å². The summed E-state index contributed by atoms with van der Waals surface area (Å²) in [4.78, 5) is 44.7. The standard InChI is InChI=1S/C27H41N3O4/c1-20(2)30(26(33)34-27(3,4)5)19-22-13-9-15-28(18-22)25(32)23-14-10-16-29(23)24(31)17-21-11-7-6-8-12-21/h6-8,11-12,20,22-23H,9-10,13-19H2,1-5H3. The molecule has 0 aliphatic carbocycles. The van der Waals surface area contributed by atoms with Crippen molar-refractivity contribution >= 4 is 17.9 Å². The number of nitrogens with zero attached hydrogens (tertiary/aromatic N) is 3. The van der Waals surface area contributed by atoms with Crippen LogP contribution in [0.5, 0.6) is 0 Å². The molecular formula is C27H41N3O4. The molecule has 7 nitrogen and oxygen atoms in total. The lowest BCUT2D eigenvalue weighted by Crippen LogP contribution is -2.52. The quantitative estimate of drug-likeness (QED) is 0.626. The minimum absolute atomic E-state index is 0.0156. The van der Waals surface area contributed by atoms with Crippen molar-refractivity contribution in [2.75, 3.05) is 26.2 Å². The molecule has 34 heavy (non-hydrogen) atoms. The molecule has 188 valence electrons. The zero-order valence-electron chi connectivity index (χ0n) is 21.5. The van der Waals surface area contributed by atoms with Crippen LogP contribution in [0, 0.1) is 5.92 Å². The van der Waals surface area contributed by atoms with Crippen LogP contribution in [0.4, 0.5) is 4.79 Å². The SMILES string of the molecule is CC(C)N(CC1CCCN(C(=O)C2CCCN2C(=O)Cc2ccccc2)C1)C(=O)OC(C)(C)C. The van der Waals surface area contributed by atoms with Gasteiger partial charge in [0.2, 0.25) is 11.8 Å². The van der Waals surface area contributed by atoms with E-state index in [1.807, 2.05) is 69.9 Å². The second-order valence-corrected chi connectivity index (χ2v) is 10.9. The van der Waals surface area contributed by atoms with Crippen LogP contribution < -0.4 is 0 Å². The molecule has 7 heteroatoms. The molecule has 0 aromatic heterocycles. The summed E-state index contributed by atoms with van der Waals surface area (Å²) < 4.78 is 5.61. The van der Waals surface area contributed by atoms with E-state index in [2.05, 4.69) is 0 Å². The average molecular weight is 472 g/mol. The number of ether oxygens (including phenoxy) is 1. The molecule has 2 unspecified atom stereocenters. The summed E-state index contributed by atoms with van der Waals surface area (Å²) in [5, 5.41) is 0. The second-order valence-electron chi connectivity index (χ2n) is 10.9. The number of carbonyl (C=O) groups is 3. The monoisotopic (exact) mass is 471 g/mol. The third-order valence-corrected chi connectivity index (χ3v) is 6.59. The third kappa shape index (κ3) is 6.97. The van der Waals surface area contributed by atoms with E-state index in [9.17, 15) is 14.4 Å². The Balaban J connectivity index is 1.61. The van der Waals surface area contributed by atoms with Crippen LogP contribution in [-0.4, -0.2) is 76.5 Å². The lowest BCUT2D eigenvalue weighted by atomic mass is 9.96. The molecule has 2 aliphatic heterocycles. The molecule has 1 aromatic carbocycles. The maximum atomic E-state index is 13.5. The Morgan fingerprint density at radius 3 is 2.38 bits per heavy atom. The molecule has 2 fully saturated rings. The normalized spacial score (nSPS) is 21.0. The van der Waals surface area contributed by atoms with Crippen molar-refractivity contribution in [3.63, 3.8) is 0 Å². The van der Waals surface area contributed by atoms with Crippen LogP contribution in [0.15, 0.2) is 30.3 Å². The molecule has 2 saturated heterocycles. The van der Waals surface area contributed by atoms with Crippen LogP contribution in [0.2, 0.25) is 0 Å². The smallest absolute Gasteiger partial charge is 0.410 e. The summed E-state index contributed by atoms with van der Waals surface area (Å²) in [7, 11) is 0. The first-order valence-electron chi connectivity index (χ1n) is 12.7. The minimum Gasteiger partial charge on any atom is -0.444 e. The third-order valence-electron chi connectivity index (χ3n) is 6.59. The van der Waals surface area contributed by atoms with Crippen LogP contribution in [0.3, 0.4) is 0 Å². The van der Waals surface area contributed by atoms with Crippen molar-refractivity contribution in [1.29, 1.82) is 0 Å². The van der Waals surface area contributed by atoms with Crippen LogP contribution in [0.1, 0.15) is 65.9 Å². The molecular weight excluding hydrogens is 430 g/mol.